The fourth-order valence-corrected chi connectivity index (χ4v) is 5.80. The Kier molecular flexibility index (Phi) is 5.46. The Balaban J connectivity index is 1.04. The minimum absolute atomic E-state index is 0.0339. The third-order valence-corrected chi connectivity index (χ3v) is 7.49. The molecule has 2 aliphatic heterocycles. The van der Waals surface area contributed by atoms with Gasteiger partial charge in [-0.1, -0.05) is 24.3 Å². The maximum atomic E-state index is 13.1. The average Bonchev–Trinajstić information content (AvgIpc) is 3.48. The summed E-state index contributed by atoms with van der Waals surface area (Å²) >= 11 is 0. The Morgan fingerprint density at radius 2 is 1.56 bits per heavy atom. The first-order valence-corrected chi connectivity index (χ1v) is 12.1. The van der Waals surface area contributed by atoms with Gasteiger partial charge in [-0.05, 0) is 85.3 Å². The molecule has 3 atom stereocenters. The molecular formula is C28H28FN3O2. The number of rotatable bonds is 4. The largest absolute Gasteiger partial charge is 0.457 e. The van der Waals surface area contributed by atoms with Gasteiger partial charge in [0, 0.05) is 36.9 Å². The van der Waals surface area contributed by atoms with E-state index in [2.05, 4.69) is 34.5 Å². The molecule has 34 heavy (non-hydrogen) atoms. The molecule has 2 fully saturated rings. The molecule has 2 bridgehead atoms. The Morgan fingerprint density at radius 1 is 0.853 bits per heavy atom. The van der Waals surface area contributed by atoms with Crippen LogP contribution in [0.2, 0.25) is 0 Å². The third kappa shape index (κ3) is 4.14. The van der Waals surface area contributed by atoms with Crippen LogP contribution in [-0.2, 0) is 12.8 Å². The van der Waals surface area contributed by atoms with E-state index in [4.69, 9.17) is 4.74 Å². The fraction of sp³-hybridized carbons (Fsp3) is 0.321. The molecular weight excluding hydrogens is 429 g/mol. The lowest BCUT2D eigenvalue weighted by Gasteiger charge is -2.40. The first-order chi connectivity index (χ1) is 16.6. The van der Waals surface area contributed by atoms with Gasteiger partial charge in [0.05, 0.1) is 0 Å². The number of benzene rings is 3. The molecule has 3 unspecified atom stereocenters. The number of ether oxygens (including phenoxy) is 1. The number of halogens is 1. The van der Waals surface area contributed by atoms with Gasteiger partial charge in [0.2, 0.25) is 0 Å². The van der Waals surface area contributed by atoms with Crippen LogP contribution in [0.5, 0.6) is 11.5 Å². The molecule has 6 rings (SSSR count). The summed E-state index contributed by atoms with van der Waals surface area (Å²) in [5.74, 6) is 0.903. The second kappa shape index (κ2) is 8.76. The molecule has 3 aromatic rings. The van der Waals surface area contributed by atoms with E-state index >= 15 is 0 Å². The van der Waals surface area contributed by atoms with Crippen molar-refractivity contribution < 1.29 is 13.9 Å². The summed E-state index contributed by atoms with van der Waals surface area (Å²) in [4.78, 5) is 17.6. The van der Waals surface area contributed by atoms with Crippen LogP contribution in [0.4, 0.5) is 14.9 Å². The van der Waals surface area contributed by atoms with Crippen molar-refractivity contribution in [1.82, 2.24) is 9.80 Å². The summed E-state index contributed by atoms with van der Waals surface area (Å²) in [6.07, 6.45) is 4.55. The number of carbonyl (C=O) groups is 1. The average molecular weight is 458 g/mol. The van der Waals surface area contributed by atoms with Gasteiger partial charge in [0.25, 0.3) is 0 Å². The molecule has 3 aromatic carbocycles. The highest BCUT2D eigenvalue weighted by Crippen LogP contribution is 2.36. The standard InChI is InChI=1S/C28H28FN3O2/c29-21-6-11-26(12-7-21)34-27-13-8-22(9-14-27)30-28(33)32-18-24-16-25(32)17-31(24)23-10-5-19-3-1-2-4-20(19)15-23/h1-4,6-9,11-14,23-25H,5,10,15-18H2,(H,30,33). The van der Waals surface area contributed by atoms with Crippen LogP contribution < -0.4 is 10.1 Å². The molecule has 6 heteroatoms. The number of hydrogen-bond acceptors (Lipinski definition) is 3. The Morgan fingerprint density at radius 3 is 2.26 bits per heavy atom. The van der Waals surface area contributed by atoms with Gasteiger partial charge >= 0.3 is 6.03 Å². The highest BCUT2D eigenvalue weighted by atomic mass is 19.1. The topological polar surface area (TPSA) is 44.8 Å². The number of nitrogens with zero attached hydrogens (tertiary/aromatic N) is 2. The summed E-state index contributed by atoms with van der Waals surface area (Å²) in [7, 11) is 0. The number of nitrogens with one attached hydrogen (secondary N) is 1. The van der Waals surface area contributed by atoms with Crippen molar-refractivity contribution in [3.8, 4) is 11.5 Å². The van der Waals surface area contributed by atoms with Gasteiger partial charge < -0.3 is 15.0 Å². The Labute approximate surface area is 199 Å². The van der Waals surface area contributed by atoms with Crippen LogP contribution in [0.3, 0.4) is 0 Å². The van der Waals surface area contributed by atoms with Crippen LogP contribution in [-0.4, -0.2) is 47.0 Å². The number of anilines is 1. The van der Waals surface area contributed by atoms with E-state index in [1.54, 1.807) is 24.3 Å². The molecule has 1 aliphatic carbocycles. The number of carbonyl (C=O) groups excluding carboxylic acids is 1. The summed E-state index contributed by atoms with van der Waals surface area (Å²) < 4.78 is 18.8. The van der Waals surface area contributed by atoms with Crippen LogP contribution in [0.1, 0.15) is 24.0 Å². The molecule has 2 heterocycles. The number of amides is 2. The van der Waals surface area contributed by atoms with Crippen molar-refractivity contribution in [2.24, 2.45) is 0 Å². The van der Waals surface area contributed by atoms with Crippen LogP contribution in [0.15, 0.2) is 72.8 Å². The molecule has 0 spiro atoms. The van der Waals surface area contributed by atoms with Crippen LogP contribution in [0, 0.1) is 5.82 Å². The Hall–Kier alpha value is -3.38. The van der Waals surface area contributed by atoms with E-state index in [1.165, 1.54) is 29.7 Å². The first-order valence-electron chi connectivity index (χ1n) is 12.1. The molecule has 2 amide bonds. The van der Waals surface area contributed by atoms with E-state index < -0.39 is 0 Å². The number of urea groups is 1. The van der Waals surface area contributed by atoms with Crippen LogP contribution in [0.25, 0.3) is 0 Å². The highest BCUT2D eigenvalue weighted by molar-refractivity contribution is 5.90. The minimum Gasteiger partial charge on any atom is -0.457 e. The number of fused-ring (bicyclic) bond motifs is 3. The monoisotopic (exact) mass is 457 g/mol. The third-order valence-electron chi connectivity index (χ3n) is 7.49. The lowest BCUT2D eigenvalue weighted by molar-refractivity contribution is 0.101. The summed E-state index contributed by atoms with van der Waals surface area (Å²) in [6.45, 7) is 1.76. The van der Waals surface area contributed by atoms with Crippen molar-refractivity contribution in [3.63, 3.8) is 0 Å². The van der Waals surface area contributed by atoms with Gasteiger partial charge in [-0.3, -0.25) is 4.90 Å². The lowest BCUT2D eigenvalue weighted by Crippen LogP contribution is -2.54. The number of hydrogen-bond donors (Lipinski definition) is 1. The van der Waals surface area contributed by atoms with E-state index in [9.17, 15) is 9.18 Å². The van der Waals surface area contributed by atoms with Gasteiger partial charge in [0.15, 0.2) is 0 Å². The predicted octanol–water partition coefficient (Wildman–Crippen LogP) is 5.47. The molecule has 0 aromatic heterocycles. The minimum atomic E-state index is -0.298. The fourth-order valence-electron chi connectivity index (χ4n) is 5.80. The molecule has 174 valence electrons. The predicted molar refractivity (Wildman–Crippen MR) is 130 cm³/mol. The van der Waals surface area contributed by atoms with E-state index in [-0.39, 0.29) is 17.9 Å². The lowest BCUT2D eigenvalue weighted by atomic mass is 9.87. The quantitative estimate of drug-likeness (QED) is 0.565. The van der Waals surface area contributed by atoms with Crippen molar-refractivity contribution in [2.45, 2.75) is 43.8 Å². The summed E-state index contributed by atoms with van der Waals surface area (Å²) in [5, 5.41) is 3.04. The summed E-state index contributed by atoms with van der Waals surface area (Å²) in [6, 6.07) is 23.3. The molecule has 1 N–H and O–H groups in total. The van der Waals surface area contributed by atoms with E-state index in [1.807, 2.05) is 17.0 Å². The second-order valence-corrected chi connectivity index (χ2v) is 9.57. The molecule has 0 saturated carbocycles. The van der Waals surface area contributed by atoms with E-state index in [0.29, 0.717) is 23.6 Å². The first kappa shape index (κ1) is 21.2. The van der Waals surface area contributed by atoms with Crippen molar-refractivity contribution >= 4 is 11.7 Å². The smallest absolute Gasteiger partial charge is 0.322 e. The van der Waals surface area contributed by atoms with Gasteiger partial charge in [0.1, 0.15) is 17.3 Å². The van der Waals surface area contributed by atoms with Crippen LogP contribution >= 0.6 is 0 Å². The maximum Gasteiger partial charge on any atom is 0.322 e. The molecule has 2 saturated heterocycles. The Bertz CT molecular complexity index is 1180. The zero-order chi connectivity index (χ0) is 23.1. The van der Waals surface area contributed by atoms with Gasteiger partial charge in [-0.25, -0.2) is 9.18 Å². The zero-order valence-electron chi connectivity index (χ0n) is 19.0. The van der Waals surface area contributed by atoms with Crippen molar-refractivity contribution in [1.29, 1.82) is 0 Å². The second-order valence-electron chi connectivity index (χ2n) is 9.57. The zero-order valence-corrected chi connectivity index (χ0v) is 19.0. The van der Waals surface area contributed by atoms with E-state index in [0.717, 1.165) is 38.0 Å². The summed E-state index contributed by atoms with van der Waals surface area (Å²) in [5.41, 5.74) is 3.72. The van der Waals surface area contributed by atoms with Crippen molar-refractivity contribution in [2.75, 3.05) is 18.4 Å². The highest BCUT2D eigenvalue weighted by Gasteiger charge is 2.47. The molecule has 0 radical (unpaired) electrons. The van der Waals surface area contributed by atoms with Gasteiger partial charge in [-0.2, -0.15) is 0 Å². The number of likely N-dealkylation sites (tertiary alicyclic amines) is 2. The number of piperazine rings is 1. The molecule has 5 nitrogen and oxygen atoms in total. The molecule has 3 aliphatic rings. The number of aryl methyl sites for hydroxylation is 1. The SMILES string of the molecule is O=C(Nc1ccc(Oc2ccc(F)cc2)cc1)N1CC2CC1CN2C1CCc2ccccc2C1. The van der Waals surface area contributed by atoms with Gasteiger partial charge in [-0.15, -0.1) is 0 Å². The normalized spacial score (nSPS) is 23.6. The van der Waals surface area contributed by atoms with Crippen molar-refractivity contribution in [3.05, 3.63) is 89.7 Å². The maximum absolute atomic E-state index is 13.1.